The van der Waals surface area contributed by atoms with Crippen LogP contribution in [0, 0.1) is 0 Å². The Morgan fingerprint density at radius 1 is 1.62 bits per heavy atom. The molecule has 0 aliphatic rings. The molecule has 0 aromatic carbocycles. The molecule has 0 saturated carbocycles. The summed E-state index contributed by atoms with van der Waals surface area (Å²) < 4.78 is 5.17. The summed E-state index contributed by atoms with van der Waals surface area (Å²) in [6.45, 7) is 10.0. The summed E-state index contributed by atoms with van der Waals surface area (Å²) in [6.07, 6.45) is 0.926. The van der Waals surface area contributed by atoms with Crippen LogP contribution in [0.3, 0.4) is 0 Å². The molecule has 0 aromatic rings. The van der Waals surface area contributed by atoms with Crippen LogP contribution in [0.1, 0.15) is 6.92 Å². The van der Waals surface area contributed by atoms with E-state index in [1.54, 1.807) is 0 Å². The van der Waals surface area contributed by atoms with E-state index in [0.717, 1.165) is 12.0 Å². The van der Waals surface area contributed by atoms with Crippen molar-refractivity contribution >= 4 is 8.80 Å². The normalized spacial score (nSPS) is 9.50. The quantitative estimate of drug-likeness (QED) is 0.416. The van der Waals surface area contributed by atoms with Crippen molar-refractivity contribution in [3.8, 4) is 0 Å². The highest BCUT2D eigenvalue weighted by Gasteiger charge is 1.93. The van der Waals surface area contributed by atoms with Gasteiger partial charge >= 0.3 is 0 Å². The average Bonchev–Trinajstić information content (AvgIpc) is 1.61. The third-order valence-corrected chi connectivity index (χ3v) is 1.50. The summed E-state index contributed by atoms with van der Waals surface area (Å²) in [7, 11) is -0.510. The standard InChI is InChI=1S/C6H14OSi/c1-6(2)7-5-8(3)4/h8H,1,5H2,2-4H3. The molecule has 0 spiro atoms. The molecule has 48 valence electrons. The minimum absolute atomic E-state index is 0.510. The van der Waals surface area contributed by atoms with Crippen LogP contribution in [-0.4, -0.2) is 15.0 Å². The first-order chi connectivity index (χ1) is 3.63. The van der Waals surface area contributed by atoms with Gasteiger partial charge in [-0.15, -0.1) is 0 Å². The van der Waals surface area contributed by atoms with E-state index in [2.05, 4.69) is 19.7 Å². The van der Waals surface area contributed by atoms with Crippen LogP contribution in [0.15, 0.2) is 12.3 Å². The number of hydrogen-bond acceptors (Lipinski definition) is 1. The van der Waals surface area contributed by atoms with Gasteiger partial charge in [0.05, 0.1) is 20.8 Å². The van der Waals surface area contributed by atoms with Crippen molar-refractivity contribution in [3.63, 3.8) is 0 Å². The molecule has 0 fully saturated rings. The van der Waals surface area contributed by atoms with Crippen molar-refractivity contribution < 1.29 is 4.74 Å². The Labute approximate surface area is 53.0 Å². The summed E-state index contributed by atoms with van der Waals surface area (Å²) in [4.78, 5) is 0. The molecule has 0 amide bonds. The Bertz CT molecular complexity index is 78.6. The minimum atomic E-state index is -0.510. The molecule has 0 rings (SSSR count). The first kappa shape index (κ1) is 7.76. The molecule has 0 aliphatic heterocycles. The maximum atomic E-state index is 5.17. The largest absolute Gasteiger partial charge is 0.503 e. The zero-order valence-corrected chi connectivity index (χ0v) is 7.05. The smallest absolute Gasteiger partial charge is 0.0852 e. The number of hydrogen-bond donors (Lipinski definition) is 0. The lowest BCUT2D eigenvalue weighted by Gasteiger charge is -2.04. The third kappa shape index (κ3) is 5.76. The number of rotatable bonds is 3. The van der Waals surface area contributed by atoms with Crippen LogP contribution in [0.25, 0.3) is 0 Å². The van der Waals surface area contributed by atoms with E-state index in [1.807, 2.05) is 6.92 Å². The maximum absolute atomic E-state index is 5.17. The van der Waals surface area contributed by atoms with Crippen LogP contribution in [-0.2, 0) is 4.74 Å². The van der Waals surface area contributed by atoms with Gasteiger partial charge in [-0.2, -0.15) is 0 Å². The second-order valence-corrected chi connectivity index (χ2v) is 5.53. The van der Waals surface area contributed by atoms with Gasteiger partial charge in [-0.25, -0.2) is 0 Å². The molecule has 2 heteroatoms. The minimum Gasteiger partial charge on any atom is -0.503 e. The topological polar surface area (TPSA) is 9.23 Å². The highest BCUT2D eigenvalue weighted by atomic mass is 28.3. The molecular formula is C6H14OSi. The van der Waals surface area contributed by atoms with Crippen molar-refractivity contribution in [1.29, 1.82) is 0 Å². The Morgan fingerprint density at radius 3 is 2.25 bits per heavy atom. The van der Waals surface area contributed by atoms with Crippen molar-refractivity contribution in [1.82, 2.24) is 0 Å². The van der Waals surface area contributed by atoms with Crippen LogP contribution in [0.2, 0.25) is 13.1 Å². The number of ether oxygens (including phenoxy) is 1. The maximum Gasteiger partial charge on any atom is 0.0852 e. The van der Waals surface area contributed by atoms with E-state index in [1.165, 1.54) is 0 Å². The molecule has 0 saturated heterocycles. The summed E-state index contributed by atoms with van der Waals surface area (Å²) in [5.74, 6) is 0.839. The van der Waals surface area contributed by atoms with Gasteiger partial charge in [0, 0.05) is 0 Å². The Kier molecular flexibility index (Phi) is 3.61. The van der Waals surface area contributed by atoms with Gasteiger partial charge in [0.15, 0.2) is 0 Å². The summed E-state index contributed by atoms with van der Waals surface area (Å²) >= 11 is 0. The molecular weight excluding hydrogens is 116 g/mol. The predicted molar refractivity (Wildman–Crippen MR) is 39.6 cm³/mol. The molecule has 0 bridgehead atoms. The lowest BCUT2D eigenvalue weighted by atomic mass is 10.7. The SMILES string of the molecule is C=C(C)OC[SiH](C)C. The van der Waals surface area contributed by atoms with Crippen molar-refractivity contribution in [2.45, 2.75) is 20.0 Å². The third-order valence-electron chi connectivity index (χ3n) is 0.663. The van der Waals surface area contributed by atoms with E-state index in [0.29, 0.717) is 0 Å². The van der Waals surface area contributed by atoms with Crippen LogP contribution in [0.4, 0.5) is 0 Å². The molecule has 0 aromatic heterocycles. The second kappa shape index (κ2) is 3.72. The molecule has 0 N–H and O–H groups in total. The van der Waals surface area contributed by atoms with Gasteiger partial charge in [-0.3, -0.25) is 0 Å². The van der Waals surface area contributed by atoms with Crippen molar-refractivity contribution in [2.75, 3.05) is 6.23 Å². The van der Waals surface area contributed by atoms with Crippen molar-refractivity contribution in [3.05, 3.63) is 12.3 Å². The van der Waals surface area contributed by atoms with E-state index in [9.17, 15) is 0 Å². The van der Waals surface area contributed by atoms with E-state index in [4.69, 9.17) is 4.74 Å². The molecule has 0 aliphatic carbocycles. The summed E-state index contributed by atoms with van der Waals surface area (Å²) in [5, 5.41) is 0. The lowest BCUT2D eigenvalue weighted by Crippen LogP contribution is -2.10. The van der Waals surface area contributed by atoms with Gasteiger partial charge < -0.3 is 4.74 Å². The first-order valence-electron chi connectivity index (χ1n) is 2.91. The van der Waals surface area contributed by atoms with Crippen LogP contribution < -0.4 is 0 Å². The van der Waals surface area contributed by atoms with Crippen molar-refractivity contribution in [2.24, 2.45) is 0 Å². The summed E-state index contributed by atoms with van der Waals surface area (Å²) in [6, 6.07) is 0. The van der Waals surface area contributed by atoms with Gasteiger partial charge in [-0.1, -0.05) is 19.7 Å². The molecule has 0 unspecified atom stereocenters. The molecule has 8 heavy (non-hydrogen) atoms. The lowest BCUT2D eigenvalue weighted by molar-refractivity contribution is 0.267. The van der Waals surface area contributed by atoms with Gasteiger partial charge in [0.25, 0.3) is 0 Å². The molecule has 0 atom stereocenters. The second-order valence-electron chi connectivity index (χ2n) is 2.41. The Morgan fingerprint density at radius 2 is 2.12 bits per heavy atom. The predicted octanol–water partition coefficient (Wildman–Crippen LogP) is 1.56. The monoisotopic (exact) mass is 130 g/mol. The van der Waals surface area contributed by atoms with Gasteiger partial charge in [0.2, 0.25) is 0 Å². The van der Waals surface area contributed by atoms with Gasteiger partial charge in [-0.05, 0) is 6.92 Å². The first-order valence-corrected chi connectivity index (χ1v) is 6.04. The zero-order chi connectivity index (χ0) is 6.57. The van der Waals surface area contributed by atoms with Crippen LogP contribution in [0.5, 0.6) is 0 Å². The van der Waals surface area contributed by atoms with E-state index >= 15 is 0 Å². The number of allylic oxidation sites excluding steroid dienone is 1. The Hall–Kier alpha value is -0.243. The summed E-state index contributed by atoms with van der Waals surface area (Å²) in [5.41, 5.74) is 0. The average molecular weight is 130 g/mol. The fraction of sp³-hybridized carbons (Fsp3) is 0.667. The molecule has 0 heterocycles. The molecule has 1 nitrogen and oxygen atoms in total. The van der Waals surface area contributed by atoms with E-state index < -0.39 is 8.80 Å². The highest BCUT2D eigenvalue weighted by Crippen LogP contribution is 1.90. The van der Waals surface area contributed by atoms with Gasteiger partial charge in [0.1, 0.15) is 0 Å². The zero-order valence-electron chi connectivity index (χ0n) is 5.90. The Balaban J connectivity index is 3.05. The van der Waals surface area contributed by atoms with E-state index in [-0.39, 0.29) is 0 Å². The molecule has 0 radical (unpaired) electrons. The highest BCUT2D eigenvalue weighted by molar-refractivity contribution is 6.55. The fourth-order valence-electron chi connectivity index (χ4n) is 0.309. The fourth-order valence-corrected chi connectivity index (χ4v) is 0.927. The van der Waals surface area contributed by atoms with Crippen LogP contribution >= 0.6 is 0 Å².